The molecule has 0 fully saturated rings. The van der Waals surface area contributed by atoms with Crippen LogP contribution in [0.3, 0.4) is 0 Å². The molecule has 29 heavy (non-hydrogen) atoms. The second kappa shape index (κ2) is 9.11. The lowest BCUT2D eigenvalue weighted by atomic mass is 10.2. The third-order valence-corrected chi connectivity index (χ3v) is 4.61. The molecule has 152 valence electrons. The molecule has 1 heterocycles. The van der Waals surface area contributed by atoms with Gasteiger partial charge in [0.15, 0.2) is 12.4 Å². The number of ether oxygens (including phenoxy) is 2. The van der Waals surface area contributed by atoms with Crippen LogP contribution in [0.4, 0.5) is 14.5 Å². The molecule has 0 aliphatic heterocycles. The van der Waals surface area contributed by atoms with E-state index in [0.717, 1.165) is 0 Å². The summed E-state index contributed by atoms with van der Waals surface area (Å²) in [6.07, 6.45) is 1.57. The number of amides is 1. The van der Waals surface area contributed by atoms with E-state index in [2.05, 4.69) is 15.2 Å². The first-order chi connectivity index (χ1) is 13.8. The Hall–Kier alpha value is -2.84. The number of hydrogen-bond donors (Lipinski definition) is 1. The van der Waals surface area contributed by atoms with Crippen LogP contribution in [0, 0.1) is 6.92 Å². The number of carbonyl (C=O) groups excluding carboxylic acids is 1. The van der Waals surface area contributed by atoms with Crippen molar-refractivity contribution in [3.8, 4) is 11.5 Å². The molecule has 0 spiro atoms. The molecule has 1 N–H and O–H groups in total. The summed E-state index contributed by atoms with van der Waals surface area (Å²) >= 11 is 12.0. The summed E-state index contributed by atoms with van der Waals surface area (Å²) in [4.78, 5) is 12.4. The molecule has 1 aromatic heterocycles. The van der Waals surface area contributed by atoms with Crippen LogP contribution in [0.1, 0.15) is 16.1 Å². The lowest BCUT2D eigenvalue weighted by molar-refractivity contribution is -0.0498. The molecule has 0 atom stereocenters. The highest BCUT2D eigenvalue weighted by Gasteiger charge is 2.13. The first kappa shape index (κ1) is 20.9. The van der Waals surface area contributed by atoms with E-state index in [0.29, 0.717) is 22.0 Å². The first-order valence-corrected chi connectivity index (χ1v) is 9.06. The molecule has 6 nitrogen and oxygen atoms in total. The number of carbonyl (C=O) groups is 1. The number of hydrogen-bond acceptors (Lipinski definition) is 4. The molecule has 3 rings (SSSR count). The van der Waals surface area contributed by atoms with Gasteiger partial charge in [-0.25, -0.2) is 4.68 Å². The Morgan fingerprint density at radius 3 is 2.76 bits per heavy atom. The monoisotopic (exact) mass is 441 g/mol. The van der Waals surface area contributed by atoms with E-state index in [1.807, 2.05) is 0 Å². The Morgan fingerprint density at radius 2 is 2.03 bits per heavy atom. The van der Waals surface area contributed by atoms with Crippen LogP contribution >= 0.6 is 23.2 Å². The summed E-state index contributed by atoms with van der Waals surface area (Å²) in [6.45, 7) is -1.23. The molecule has 0 aliphatic carbocycles. The first-order valence-electron chi connectivity index (χ1n) is 8.30. The number of aromatic nitrogens is 2. The normalized spacial score (nSPS) is 10.8. The lowest BCUT2D eigenvalue weighted by Crippen LogP contribution is -2.15. The molecule has 0 saturated heterocycles. The number of aryl methyl sites for hydroxylation is 1. The molecule has 3 aromatic rings. The molecule has 10 heteroatoms. The van der Waals surface area contributed by atoms with Gasteiger partial charge in [0.1, 0.15) is 16.5 Å². The van der Waals surface area contributed by atoms with Gasteiger partial charge < -0.3 is 14.8 Å². The number of nitrogens with one attached hydrogen (secondary N) is 1. The van der Waals surface area contributed by atoms with Gasteiger partial charge in [0.05, 0.1) is 5.02 Å². The maximum Gasteiger partial charge on any atom is 0.387 e. The summed E-state index contributed by atoms with van der Waals surface area (Å²) in [5.41, 5.74) is 1.17. The van der Waals surface area contributed by atoms with Crippen LogP contribution in [0.25, 0.3) is 0 Å². The lowest BCUT2D eigenvalue weighted by Gasteiger charge is -2.10. The molecular formula is C19H15Cl2F2N3O3. The molecular weight excluding hydrogens is 427 g/mol. The van der Waals surface area contributed by atoms with Gasteiger partial charge in [-0.2, -0.15) is 13.9 Å². The van der Waals surface area contributed by atoms with Crippen LogP contribution in [-0.2, 0) is 6.73 Å². The zero-order valence-electron chi connectivity index (χ0n) is 15.0. The maximum atomic E-state index is 12.4. The van der Waals surface area contributed by atoms with Crippen LogP contribution in [0.15, 0.2) is 48.7 Å². The summed E-state index contributed by atoms with van der Waals surface area (Å²) in [7, 11) is 0. The van der Waals surface area contributed by atoms with E-state index in [4.69, 9.17) is 27.9 Å². The predicted octanol–water partition coefficient (Wildman–Crippen LogP) is 5.39. The van der Waals surface area contributed by atoms with Crippen molar-refractivity contribution in [1.29, 1.82) is 0 Å². The van der Waals surface area contributed by atoms with Crippen molar-refractivity contribution in [2.45, 2.75) is 20.3 Å². The van der Waals surface area contributed by atoms with Crippen molar-refractivity contribution >= 4 is 34.8 Å². The zero-order chi connectivity index (χ0) is 21.0. The van der Waals surface area contributed by atoms with Crippen molar-refractivity contribution in [3.05, 3.63) is 70.0 Å². The highest BCUT2D eigenvalue weighted by Crippen LogP contribution is 2.31. The van der Waals surface area contributed by atoms with Crippen LogP contribution in [0.2, 0.25) is 10.0 Å². The SMILES string of the molecule is Cc1cc(OC(F)F)ccc1NC(=O)c1ccn(COc2cccc(Cl)c2Cl)n1. The summed E-state index contributed by atoms with van der Waals surface area (Å²) in [6, 6.07) is 10.7. The van der Waals surface area contributed by atoms with E-state index in [1.54, 1.807) is 31.3 Å². The molecule has 1 amide bonds. The Bertz CT molecular complexity index is 1030. The molecule has 2 aromatic carbocycles. The summed E-state index contributed by atoms with van der Waals surface area (Å²) < 4.78 is 35.8. The second-order valence-electron chi connectivity index (χ2n) is 5.88. The summed E-state index contributed by atoms with van der Waals surface area (Å²) in [5.74, 6) is -0.0610. The van der Waals surface area contributed by atoms with Gasteiger partial charge >= 0.3 is 6.61 Å². The number of alkyl halides is 2. The van der Waals surface area contributed by atoms with Crippen molar-refractivity contribution in [2.24, 2.45) is 0 Å². The Kier molecular flexibility index (Phi) is 6.56. The van der Waals surface area contributed by atoms with Crippen molar-refractivity contribution in [1.82, 2.24) is 9.78 Å². The number of benzene rings is 2. The molecule has 0 unspecified atom stereocenters. The van der Waals surface area contributed by atoms with Crippen molar-refractivity contribution in [3.63, 3.8) is 0 Å². The van der Waals surface area contributed by atoms with Crippen molar-refractivity contribution < 1.29 is 23.0 Å². The smallest absolute Gasteiger partial charge is 0.387 e. The number of nitrogens with zero attached hydrogens (tertiary/aromatic N) is 2. The quantitative estimate of drug-likeness (QED) is 0.533. The molecule has 0 saturated carbocycles. The molecule has 0 aliphatic rings. The average molecular weight is 442 g/mol. The van der Waals surface area contributed by atoms with E-state index < -0.39 is 12.5 Å². The Labute approximate surface area is 174 Å². The minimum absolute atomic E-state index is 0.0107. The second-order valence-corrected chi connectivity index (χ2v) is 6.66. The predicted molar refractivity (Wildman–Crippen MR) is 105 cm³/mol. The largest absolute Gasteiger partial charge is 0.470 e. The number of halogens is 4. The summed E-state index contributed by atoms with van der Waals surface area (Å²) in [5, 5.41) is 7.47. The third-order valence-electron chi connectivity index (χ3n) is 3.81. The maximum absolute atomic E-state index is 12.4. The van der Waals surface area contributed by atoms with Gasteiger partial charge in [-0.1, -0.05) is 29.3 Å². The van der Waals surface area contributed by atoms with E-state index >= 15 is 0 Å². The average Bonchev–Trinajstić information content (AvgIpc) is 3.14. The fraction of sp³-hybridized carbons (Fsp3) is 0.158. The van der Waals surface area contributed by atoms with Crippen molar-refractivity contribution in [2.75, 3.05) is 5.32 Å². The van der Waals surface area contributed by atoms with Crippen LogP contribution < -0.4 is 14.8 Å². The van der Waals surface area contributed by atoms with Gasteiger partial charge in [0.2, 0.25) is 0 Å². The van der Waals surface area contributed by atoms with Gasteiger partial charge in [0, 0.05) is 11.9 Å². The molecule has 0 bridgehead atoms. The van der Waals surface area contributed by atoms with Gasteiger partial charge in [-0.05, 0) is 48.9 Å². The minimum atomic E-state index is -2.91. The van der Waals surface area contributed by atoms with Crippen LogP contribution in [-0.4, -0.2) is 22.3 Å². The van der Waals surface area contributed by atoms with Gasteiger partial charge in [-0.15, -0.1) is 0 Å². The number of rotatable bonds is 7. The third kappa shape index (κ3) is 5.36. The van der Waals surface area contributed by atoms with E-state index in [9.17, 15) is 13.6 Å². The standard InChI is InChI=1S/C19H15Cl2F2N3O3/c1-11-9-12(29-19(22)23)5-6-14(11)24-18(27)15-7-8-26(25-15)10-28-16-4-2-3-13(20)17(16)21/h2-9,19H,10H2,1H3,(H,24,27). The molecule has 0 radical (unpaired) electrons. The fourth-order valence-electron chi connectivity index (χ4n) is 2.42. The van der Waals surface area contributed by atoms with E-state index in [-0.39, 0.29) is 23.2 Å². The zero-order valence-corrected chi connectivity index (χ0v) is 16.5. The fourth-order valence-corrected chi connectivity index (χ4v) is 2.77. The minimum Gasteiger partial charge on any atom is -0.470 e. The number of anilines is 1. The van der Waals surface area contributed by atoms with Gasteiger partial charge in [-0.3, -0.25) is 4.79 Å². The topological polar surface area (TPSA) is 65.4 Å². The highest BCUT2D eigenvalue weighted by atomic mass is 35.5. The van der Waals surface area contributed by atoms with Crippen LogP contribution in [0.5, 0.6) is 11.5 Å². The Balaban J connectivity index is 1.63. The highest BCUT2D eigenvalue weighted by molar-refractivity contribution is 6.42. The van der Waals surface area contributed by atoms with E-state index in [1.165, 1.54) is 28.9 Å². The van der Waals surface area contributed by atoms with Gasteiger partial charge in [0.25, 0.3) is 5.91 Å². The Morgan fingerprint density at radius 1 is 1.24 bits per heavy atom.